The summed E-state index contributed by atoms with van der Waals surface area (Å²) in [6.45, 7) is 0.497. The van der Waals surface area contributed by atoms with Crippen molar-refractivity contribution in [2.75, 3.05) is 11.9 Å². The zero-order chi connectivity index (χ0) is 14.9. The van der Waals surface area contributed by atoms with Gasteiger partial charge in [0.2, 0.25) is 5.96 Å². The van der Waals surface area contributed by atoms with Crippen LogP contribution >= 0.6 is 0 Å². The van der Waals surface area contributed by atoms with Gasteiger partial charge in [-0.05, 0) is 36.4 Å². The Kier molecular flexibility index (Phi) is 2.86. The van der Waals surface area contributed by atoms with Crippen molar-refractivity contribution in [3.63, 3.8) is 0 Å². The lowest BCUT2D eigenvalue weighted by molar-refractivity contribution is 1.31. The summed E-state index contributed by atoms with van der Waals surface area (Å²) in [6.07, 6.45) is 0. The summed E-state index contributed by atoms with van der Waals surface area (Å²) in [5.74, 6) is 1.94. The number of aliphatic imine (C=N–C) groups is 2. The van der Waals surface area contributed by atoms with Gasteiger partial charge in [-0.1, -0.05) is 12.1 Å². The number of para-hydroxylation sites is 2. The SMILES string of the molecule is NC1=NCC(Nc2ccc(-c3nc4ccccc4[nH]3)cc2)=N1. The summed E-state index contributed by atoms with van der Waals surface area (Å²) in [5, 5.41) is 3.20. The van der Waals surface area contributed by atoms with Crippen LogP contribution in [0.5, 0.6) is 0 Å². The number of rotatable bonds is 2. The van der Waals surface area contributed by atoms with Gasteiger partial charge < -0.3 is 16.0 Å². The highest BCUT2D eigenvalue weighted by Gasteiger charge is 2.08. The van der Waals surface area contributed by atoms with Crippen molar-refractivity contribution in [3.05, 3.63) is 48.5 Å². The molecule has 1 aliphatic heterocycles. The predicted octanol–water partition coefficient (Wildman–Crippen LogP) is 2.37. The molecule has 0 atom stereocenters. The molecule has 1 aromatic heterocycles. The molecule has 108 valence electrons. The number of guanidine groups is 1. The van der Waals surface area contributed by atoms with E-state index in [1.54, 1.807) is 0 Å². The largest absolute Gasteiger partial charge is 0.368 e. The molecule has 0 aliphatic carbocycles. The van der Waals surface area contributed by atoms with E-state index in [4.69, 9.17) is 5.73 Å². The summed E-state index contributed by atoms with van der Waals surface area (Å²) < 4.78 is 0. The second-order valence-corrected chi connectivity index (χ2v) is 5.04. The molecule has 1 aliphatic rings. The lowest BCUT2D eigenvalue weighted by Gasteiger charge is -2.05. The minimum Gasteiger partial charge on any atom is -0.368 e. The number of aromatic amines is 1. The van der Waals surface area contributed by atoms with Crippen LogP contribution in [0, 0.1) is 0 Å². The molecule has 0 saturated heterocycles. The maximum Gasteiger partial charge on any atom is 0.217 e. The van der Waals surface area contributed by atoms with Crippen LogP contribution in [0.15, 0.2) is 58.5 Å². The number of anilines is 1. The van der Waals surface area contributed by atoms with E-state index in [2.05, 4.69) is 25.3 Å². The van der Waals surface area contributed by atoms with Crippen LogP contribution in [0.4, 0.5) is 5.69 Å². The second-order valence-electron chi connectivity index (χ2n) is 5.04. The Morgan fingerprint density at radius 2 is 1.86 bits per heavy atom. The van der Waals surface area contributed by atoms with Crippen LogP contribution in [0.2, 0.25) is 0 Å². The van der Waals surface area contributed by atoms with Crippen molar-refractivity contribution in [3.8, 4) is 11.4 Å². The second kappa shape index (κ2) is 5.00. The molecule has 0 radical (unpaired) electrons. The average Bonchev–Trinajstić information content (AvgIpc) is 3.14. The molecule has 3 aromatic rings. The standard InChI is InChI=1S/C16H14N6/c17-16-18-9-14(22-16)19-11-7-5-10(6-8-11)15-20-12-3-1-2-4-13(12)21-15/h1-8H,9H2,(H,20,21)(H3,17,18,19,22). The van der Waals surface area contributed by atoms with E-state index in [9.17, 15) is 0 Å². The number of amidine groups is 1. The Bertz CT molecular complexity index is 855. The monoisotopic (exact) mass is 290 g/mol. The predicted molar refractivity (Wildman–Crippen MR) is 89.1 cm³/mol. The van der Waals surface area contributed by atoms with E-state index < -0.39 is 0 Å². The van der Waals surface area contributed by atoms with Gasteiger partial charge in [0.25, 0.3) is 0 Å². The highest BCUT2D eigenvalue weighted by Crippen LogP contribution is 2.22. The Balaban J connectivity index is 1.57. The van der Waals surface area contributed by atoms with Crippen LogP contribution in [0.3, 0.4) is 0 Å². The van der Waals surface area contributed by atoms with Crippen LogP contribution in [-0.4, -0.2) is 28.3 Å². The highest BCUT2D eigenvalue weighted by molar-refractivity contribution is 6.08. The molecule has 2 heterocycles. The van der Waals surface area contributed by atoms with Gasteiger partial charge in [-0.15, -0.1) is 0 Å². The molecule has 4 N–H and O–H groups in total. The fourth-order valence-electron chi connectivity index (χ4n) is 2.40. The first-order valence-electron chi connectivity index (χ1n) is 6.98. The molecule has 0 amide bonds. The van der Waals surface area contributed by atoms with Crippen molar-refractivity contribution < 1.29 is 0 Å². The molecule has 4 rings (SSSR count). The van der Waals surface area contributed by atoms with Gasteiger partial charge in [-0.2, -0.15) is 4.99 Å². The number of imidazole rings is 1. The fraction of sp³-hybridized carbons (Fsp3) is 0.0625. The maximum atomic E-state index is 5.53. The van der Waals surface area contributed by atoms with Crippen molar-refractivity contribution in [2.24, 2.45) is 15.7 Å². The summed E-state index contributed by atoms with van der Waals surface area (Å²) in [5.41, 5.74) is 9.51. The third kappa shape index (κ3) is 2.31. The van der Waals surface area contributed by atoms with E-state index in [0.29, 0.717) is 12.5 Å². The lowest BCUT2D eigenvalue weighted by atomic mass is 10.2. The molecule has 0 unspecified atom stereocenters. The Morgan fingerprint density at radius 1 is 1.05 bits per heavy atom. The fourth-order valence-corrected chi connectivity index (χ4v) is 2.40. The number of fused-ring (bicyclic) bond motifs is 1. The summed E-state index contributed by atoms with van der Waals surface area (Å²) >= 11 is 0. The number of benzene rings is 2. The van der Waals surface area contributed by atoms with E-state index in [0.717, 1.165) is 33.9 Å². The molecule has 0 fully saturated rings. The third-order valence-electron chi connectivity index (χ3n) is 3.48. The first-order chi connectivity index (χ1) is 10.8. The number of hydrogen-bond acceptors (Lipinski definition) is 5. The molecule has 0 spiro atoms. The van der Waals surface area contributed by atoms with Crippen molar-refractivity contribution in [1.29, 1.82) is 0 Å². The van der Waals surface area contributed by atoms with Crippen molar-refractivity contribution in [2.45, 2.75) is 0 Å². The normalized spacial score (nSPS) is 14.0. The first-order valence-corrected chi connectivity index (χ1v) is 6.98. The Labute approximate surface area is 126 Å². The number of nitrogens with two attached hydrogens (primary N) is 1. The van der Waals surface area contributed by atoms with Crippen LogP contribution < -0.4 is 11.1 Å². The van der Waals surface area contributed by atoms with Gasteiger partial charge in [0, 0.05) is 11.3 Å². The number of nitrogens with one attached hydrogen (secondary N) is 2. The summed E-state index contributed by atoms with van der Waals surface area (Å²) in [7, 11) is 0. The number of aromatic nitrogens is 2. The minimum atomic E-state index is 0.321. The van der Waals surface area contributed by atoms with E-state index >= 15 is 0 Å². The summed E-state index contributed by atoms with van der Waals surface area (Å²) in [4.78, 5) is 16.0. The van der Waals surface area contributed by atoms with E-state index in [1.165, 1.54) is 0 Å². The lowest BCUT2D eigenvalue weighted by Crippen LogP contribution is -2.13. The molecular formula is C16H14N6. The minimum absolute atomic E-state index is 0.321. The molecule has 6 nitrogen and oxygen atoms in total. The molecule has 0 bridgehead atoms. The molecule has 2 aromatic carbocycles. The number of nitrogens with zero attached hydrogens (tertiary/aromatic N) is 3. The summed E-state index contributed by atoms with van der Waals surface area (Å²) in [6, 6.07) is 16.0. The van der Waals surface area contributed by atoms with Gasteiger partial charge >= 0.3 is 0 Å². The van der Waals surface area contributed by atoms with Gasteiger partial charge in [-0.3, -0.25) is 0 Å². The zero-order valence-corrected chi connectivity index (χ0v) is 11.7. The van der Waals surface area contributed by atoms with Gasteiger partial charge in [0.1, 0.15) is 18.2 Å². The van der Waals surface area contributed by atoms with E-state index in [1.807, 2.05) is 48.5 Å². The van der Waals surface area contributed by atoms with Crippen molar-refractivity contribution in [1.82, 2.24) is 9.97 Å². The Hall–Kier alpha value is -3.15. The van der Waals surface area contributed by atoms with Crippen LogP contribution in [0.25, 0.3) is 22.4 Å². The van der Waals surface area contributed by atoms with Crippen LogP contribution in [0.1, 0.15) is 0 Å². The third-order valence-corrected chi connectivity index (χ3v) is 3.48. The first kappa shape index (κ1) is 12.6. The van der Waals surface area contributed by atoms with Crippen LogP contribution in [-0.2, 0) is 0 Å². The Morgan fingerprint density at radius 3 is 2.59 bits per heavy atom. The average molecular weight is 290 g/mol. The molecule has 0 saturated carbocycles. The number of H-pyrrole nitrogens is 1. The number of hydrogen-bond donors (Lipinski definition) is 3. The van der Waals surface area contributed by atoms with Crippen molar-refractivity contribution >= 4 is 28.5 Å². The molecular weight excluding hydrogens is 276 g/mol. The van der Waals surface area contributed by atoms with Gasteiger partial charge in [0.15, 0.2) is 0 Å². The quantitative estimate of drug-likeness (QED) is 0.676. The maximum absolute atomic E-state index is 5.53. The van der Waals surface area contributed by atoms with Gasteiger partial charge in [0.05, 0.1) is 11.0 Å². The smallest absolute Gasteiger partial charge is 0.217 e. The molecule has 22 heavy (non-hydrogen) atoms. The van der Waals surface area contributed by atoms with Gasteiger partial charge in [-0.25, -0.2) is 9.98 Å². The highest BCUT2D eigenvalue weighted by atomic mass is 15.2. The zero-order valence-electron chi connectivity index (χ0n) is 11.7. The molecule has 6 heteroatoms. The topological polar surface area (TPSA) is 91.5 Å². The van der Waals surface area contributed by atoms with E-state index in [-0.39, 0.29) is 0 Å².